The Hall–Kier alpha value is -3.54. The van der Waals surface area contributed by atoms with Crippen LogP contribution < -0.4 is 5.32 Å². The molecule has 0 radical (unpaired) electrons. The van der Waals surface area contributed by atoms with Crippen LogP contribution in [0.1, 0.15) is 22.8 Å². The van der Waals surface area contributed by atoms with Gasteiger partial charge < -0.3 is 5.32 Å². The van der Waals surface area contributed by atoms with Gasteiger partial charge in [0.05, 0.1) is 5.69 Å². The van der Waals surface area contributed by atoms with Crippen molar-refractivity contribution in [2.45, 2.75) is 13.8 Å². The van der Waals surface area contributed by atoms with Crippen LogP contribution >= 0.6 is 0 Å². The van der Waals surface area contributed by atoms with E-state index in [1.807, 2.05) is 41.8 Å². The first-order valence-electron chi connectivity index (χ1n) is 8.51. The number of hydrogen-bond donors (Lipinski definition) is 1. The van der Waals surface area contributed by atoms with Gasteiger partial charge in [0.25, 0.3) is 0 Å². The monoisotopic (exact) mass is 360 g/mol. The minimum absolute atomic E-state index is 0.0108. The molecule has 0 atom stereocenters. The molecule has 27 heavy (non-hydrogen) atoms. The fourth-order valence-corrected chi connectivity index (χ4v) is 2.91. The van der Waals surface area contributed by atoms with Gasteiger partial charge >= 0.3 is 0 Å². The van der Waals surface area contributed by atoms with Gasteiger partial charge in [-0.2, -0.15) is 4.39 Å². The van der Waals surface area contributed by atoms with Crippen molar-refractivity contribution in [2.75, 3.05) is 5.32 Å². The number of nitrogens with zero attached hydrogens (tertiary/aromatic N) is 3. The Bertz CT molecular complexity index is 1150. The minimum atomic E-state index is -0.558. The van der Waals surface area contributed by atoms with E-state index in [1.54, 1.807) is 24.3 Å². The molecule has 1 aromatic carbocycles. The number of Topliss-reactive ketones (excluding diaryl/α,β-unsaturated/α-hetero) is 1. The third-order valence-corrected chi connectivity index (χ3v) is 4.28. The summed E-state index contributed by atoms with van der Waals surface area (Å²) < 4.78 is 15.6. The second-order valence-electron chi connectivity index (χ2n) is 6.35. The number of nitrogens with one attached hydrogen (secondary N) is 1. The highest BCUT2D eigenvalue weighted by molar-refractivity contribution is 5.94. The normalized spacial score (nSPS) is 10.9. The molecule has 3 aromatic heterocycles. The van der Waals surface area contributed by atoms with Gasteiger partial charge in [0, 0.05) is 17.4 Å². The summed E-state index contributed by atoms with van der Waals surface area (Å²) in [5.74, 6) is 0.136. The third-order valence-electron chi connectivity index (χ3n) is 4.28. The number of imidazole rings is 1. The van der Waals surface area contributed by atoms with E-state index in [-0.39, 0.29) is 5.78 Å². The number of anilines is 2. The quantitative estimate of drug-likeness (QED) is 0.420. The average Bonchev–Trinajstić information content (AvgIpc) is 3.00. The van der Waals surface area contributed by atoms with Gasteiger partial charge in [-0.25, -0.2) is 9.97 Å². The molecule has 0 unspecified atom stereocenters. The Morgan fingerprint density at radius 1 is 1.04 bits per heavy atom. The van der Waals surface area contributed by atoms with E-state index in [4.69, 9.17) is 0 Å². The molecule has 0 aliphatic carbocycles. The van der Waals surface area contributed by atoms with Gasteiger partial charge in [0.1, 0.15) is 17.2 Å². The number of rotatable bonds is 4. The Morgan fingerprint density at radius 2 is 1.81 bits per heavy atom. The second kappa shape index (κ2) is 6.64. The zero-order valence-corrected chi connectivity index (χ0v) is 14.9. The molecule has 0 fully saturated rings. The van der Waals surface area contributed by atoms with E-state index in [1.165, 1.54) is 13.0 Å². The van der Waals surface area contributed by atoms with Crippen LogP contribution in [0.25, 0.3) is 17.0 Å². The van der Waals surface area contributed by atoms with Crippen molar-refractivity contribution in [1.82, 2.24) is 14.4 Å². The van der Waals surface area contributed by atoms with Gasteiger partial charge in [-0.1, -0.05) is 12.1 Å². The van der Waals surface area contributed by atoms with Crippen molar-refractivity contribution in [3.8, 4) is 11.4 Å². The summed E-state index contributed by atoms with van der Waals surface area (Å²) in [5, 5.41) is 3.33. The van der Waals surface area contributed by atoms with E-state index in [2.05, 4.69) is 15.3 Å². The summed E-state index contributed by atoms with van der Waals surface area (Å²) in [6, 6.07) is 15.7. The molecule has 0 aliphatic heterocycles. The number of carbonyl (C=O) groups excluding carboxylic acids is 1. The fraction of sp³-hybridized carbons (Fsp3) is 0.0952. The lowest BCUT2D eigenvalue weighted by molar-refractivity contribution is 0.101. The molecular weight excluding hydrogens is 343 g/mol. The maximum atomic E-state index is 13.7. The number of aromatic nitrogens is 3. The highest BCUT2D eigenvalue weighted by Gasteiger charge is 2.16. The molecule has 1 N–H and O–H groups in total. The maximum absolute atomic E-state index is 13.7. The Labute approximate surface area is 155 Å². The summed E-state index contributed by atoms with van der Waals surface area (Å²) in [4.78, 5) is 20.1. The molecule has 134 valence electrons. The van der Waals surface area contributed by atoms with Gasteiger partial charge in [0.2, 0.25) is 5.95 Å². The number of ketones is 1. The zero-order chi connectivity index (χ0) is 19.0. The van der Waals surface area contributed by atoms with Crippen LogP contribution in [-0.4, -0.2) is 20.2 Å². The molecule has 3 heterocycles. The lowest BCUT2D eigenvalue weighted by Crippen LogP contribution is -1.99. The Balaban J connectivity index is 1.85. The summed E-state index contributed by atoms with van der Waals surface area (Å²) in [7, 11) is 0. The zero-order valence-electron chi connectivity index (χ0n) is 14.9. The largest absolute Gasteiger partial charge is 0.339 e. The van der Waals surface area contributed by atoms with Gasteiger partial charge in [-0.15, -0.1) is 0 Å². The van der Waals surface area contributed by atoms with Gasteiger partial charge in [-0.05, 0) is 61.9 Å². The standard InChI is InChI=1S/C21H17FN4O/c1-13-6-11-19-25-20(17-4-3-5-18(22)24-17)21(26(19)12-13)23-16-9-7-15(8-10-16)14(2)27/h3-12,23H,1-2H3. The van der Waals surface area contributed by atoms with Gasteiger partial charge in [-0.3, -0.25) is 9.20 Å². The molecular formula is C21H17FN4O. The molecule has 0 spiro atoms. The number of benzene rings is 1. The van der Waals surface area contributed by atoms with Crippen LogP contribution in [0.2, 0.25) is 0 Å². The number of halogens is 1. The lowest BCUT2D eigenvalue weighted by atomic mass is 10.1. The molecule has 5 nitrogen and oxygen atoms in total. The van der Waals surface area contributed by atoms with Crippen LogP contribution in [-0.2, 0) is 0 Å². The van der Waals surface area contributed by atoms with E-state index >= 15 is 0 Å². The second-order valence-corrected chi connectivity index (χ2v) is 6.35. The number of pyridine rings is 2. The highest BCUT2D eigenvalue weighted by Crippen LogP contribution is 2.30. The first kappa shape index (κ1) is 16.9. The number of hydrogen-bond acceptors (Lipinski definition) is 4. The maximum Gasteiger partial charge on any atom is 0.213 e. The summed E-state index contributed by atoms with van der Waals surface area (Å²) in [6.07, 6.45) is 1.96. The van der Waals surface area contributed by atoms with E-state index < -0.39 is 5.95 Å². The number of aryl methyl sites for hydroxylation is 1. The van der Waals surface area contributed by atoms with E-state index in [0.29, 0.717) is 22.8 Å². The number of fused-ring (bicyclic) bond motifs is 1. The van der Waals surface area contributed by atoms with Crippen molar-refractivity contribution in [2.24, 2.45) is 0 Å². The average molecular weight is 360 g/mol. The van der Waals surface area contributed by atoms with Gasteiger partial charge in [0.15, 0.2) is 5.78 Å². The predicted octanol–water partition coefficient (Wildman–Crippen LogP) is 4.79. The van der Waals surface area contributed by atoms with Crippen LogP contribution in [0.4, 0.5) is 15.9 Å². The van der Waals surface area contributed by atoms with Crippen molar-refractivity contribution < 1.29 is 9.18 Å². The molecule has 0 amide bonds. The SMILES string of the molecule is CC(=O)c1ccc(Nc2c(-c3cccc(F)n3)nc3ccc(C)cn23)cc1. The summed E-state index contributed by atoms with van der Waals surface area (Å²) in [5.41, 5.74) is 4.22. The Kier molecular flexibility index (Phi) is 4.16. The van der Waals surface area contributed by atoms with Crippen LogP contribution in [0, 0.1) is 12.9 Å². The summed E-state index contributed by atoms with van der Waals surface area (Å²) >= 11 is 0. The smallest absolute Gasteiger partial charge is 0.213 e. The third kappa shape index (κ3) is 3.29. The number of carbonyl (C=O) groups is 1. The van der Waals surface area contributed by atoms with Crippen molar-refractivity contribution in [3.63, 3.8) is 0 Å². The highest BCUT2D eigenvalue weighted by atomic mass is 19.1. The molecule has 0 bridgehead atoms. The first-order valence-corrected chi connectivity index (χ1v) is 8.51. The fourth-order valence-electron chi connectivity index (χ4n) is 2.91. The summed E-state index contributed by atoms with van der Waals surface area (Å²) in [6.45, 7) is 3.52. The minimum Gasteiger partial charge on any atom is -0.339 e. The van der Waals surface area contributed by atoms with Crippen molar-refractivity contribution in [1.29, 1.82) is 0 Å². The van der Waals surface area contributed by atoms with Crippen molar-refractivity contribution in [3.05, 3.63) is 77.9 Å². The molecule has 4 rings (SSSR count). The molecule has 6 heteroatoms. The Morgan fingerprint density at radius 3 is 2.52 bits per heavy atom. The van der Waals surface area contributed by atoms with Crippen LogP contribution in [0.5, 0.6) is 0 Å². The topological polar surface area (TPSA) is 59.3 Å². The predicted molar refractivity (Wildman–Crippen MR) is 103 cm³/mol. The van der Waals surface area contributed by atoms with E-state index in [9.17, 15) is 9.18 Å². The molecule has 0 saturated carbocycles. The first-order chi connectivity index (χ1) is 13.0. The molecule has 4 aromatic rings. The molecule has 0 aliphatic rings. The molecule has 0 saturated heterocycles. The van der Waals surface area contributed by atoms with Crippen molar-refractivity contribution >= 4 is 22.9 Å². The van der Waals surface area contributed by atoms with Crippen LogP contribution in [0.15, 0.2) is 60.8 Å². The van der Waals surface area contributed by atoms with E-state index in [0.717, 1.165) is 16.9 Å². The van der Waals surface area contributed by atoms with Crippen LogP contribution in [0.3, 0.4) is 0 Å². The lowest BCUT2D eigenvalue weighted by Gasteiger charge is -2.09.